The monoisotopic (exact) mass is 498 g/mol. The van der Waals surface area contributed by atoms with Crippen LogP contribution in [0.1, 0.15) is 157 Å². The Hall–Kier alpha value is -3.12. The third-order valence-electron chi connectivity index (χ3n) is 14.4. The van der Waals surface area contributed by atoms with Gasteiger partial charge in [0.1, 0.15) is 0 Å². The van der Waals surface area contributed by atoms with Gasteiger partial charge >= 0.3 is 0 Å². The van der Waals surface area contributed by atoms with Crippen molar-refractivity contribution < 1.29 is 0 Å². The van der Waals surface area contributed by atoms with Gasteiger partial charge in [-0.05, 0) is 157 Å². The van der Waals surface area contributed by atoms with Crippen LogP contribution in [-0.4, -0.2) is 0 Å². The number of hydrogen-bond donors (Lipinski definition) is 0. The highest BCUT2D eigenvalue weighted by Gasteiger charge is 2.68. The molecule has 3 saturated carbocycles. The van der Waals surface area contributed by atoms with Crippen LogP contribution in [0.25, 0.3) is 0 Å². The van der Waals surface area contributed by atoms with E-state index in [9.17, 15) is 0 Å². The zero-order valence-electron chi connectivity index (χ0n) is 22.0. The molecule has 9 aliphatic rings. The first-order valence-corrected chi connectivity index (χ1v) is 15.9. The van der Waals surface area contributed by atoms with Crippen LogP contribution in [-0.2, 0) is 0 Å². The summed E-state index contributed by atoms with van der Waals surface area (Å²) in [5.74, 6) is 9.59. The lowest BCUT2D eigenvalue weighted by molar-refractivity contribution is 0.416. The van der Waals surface area contributed by atoms with Gasteiger partial charge in [0.15, 0.2) is 0 Å². The Morgan fingerprint density at radius 2 is 0.462 bits per heavy atom. The number of rotatable bonds is 0. The third kappa shape index (κ3) is 1.68. The molecular weight excluding hydrogens is 468 g/mol. The summed E-state index contributed by atoms with van der Waals surface area (Å²) < 4.78 is 0. The van der Waals surface area contributed by atoms with Gasteiger partial charge < -0.3 is 0 Å². The molecule has 0 aliphatic heterocycles. The highest BCUT2D eigenvalue weighted by Crippen LogP contribution is 2.83. The van der Waals surface area contributed by atoms with Crippen molar-refractivity contribution in [1.29, 1.82) is 0 Å². The summed E-state index contributed by atoms with van der Waals surface area (Å²) in [4.78, 5) is 0. The Balaban J connectivity index is 1.10. The van der Waals surface area contributed by atoms with Crippen LogP contribution in [0.15, 0.2) is 72.8 Å². The Morgan fingerprint density at radius 1 is 0.282 bits per heavy atom. The number of hydrogen-bond acceptors (Lipinski definition) is 0. The first-order chi connectivity index (χ1) is 19.4. The summed E-state index contributed by atoms with van der Waals surface area (Å²) in [6, 6.07) is 28.7. The lowest BCUT2D eigenvalue weighted by atomic mass is 9.52. The van der Waals surface area contributed by atoms with E-state index < -0.39 is 0 Å². The van der Waals surface area contributed by atoms with Gasteiger partial charge in [0.2, 0.25) is 0 Å². The molecule has 186 valence electrons. The number of fused-ring (bicyclic) bond motifs is 36. The van der Waals surface area contributed by atoms with E-state index in [0.717, 1.165) is 71.0 Å². The molecule has 4 aromatic rings. The average molecular weight is 499 g/mol. The summed E-state index contributed by atoms with van der Waals surface area (Å²) >= 11 is 0. The fourth-order valence-electron chi connectivity index (χ4n) is 13.8. The van der Waals surface area contributed by atoms with Gasteiger partial charge in [-0.3, -0.25) is 0 Å². The molecule has 0 amide bonds. The molecule has 9 aliphatic carbocycles. The molecule has 0 unspecified atom stereocenters. The van der Waals surface area contributed by atoms with Crippen LogP contribution in [0.3, 0.4) is 0 Å². The highest BCUT2D eigenvalue weighted by molar-refractivity contribution is 5.76. The van der Waals surface area contributed by atoms with E-state index in [1.807, 2.05) is 33.4 Å². The van der Waals surface area contributed by atoms with Gasteiger partial charge in [0, 0.05) is 0 Å². The molecule has 0 radical (unpaired) electrons. The zero-order valence-corrected chi connectivity index (χ0v) is 22.0. The second kappa shape index (κ2) is 5.69. The van der Waals surface area contributed by atoms with Crippen molar-refractivity contribution in [1.82, 2.24) is 0 Å². The van der Waals surface area contributed by atoms with Crippen LogP contribution < -0.4 is 0 Å². The SMILES string of the molecule is c1ccc2c(c1)[C@@H]1[C@H]2[C@H]2C[C@@H]1c1c3c(c4c(c12)[C@H]1C[C@@H]4[C@@H]2c4ccccc4[C@@H]21)[C@H]1C[C@@H]3[C@@H]2c3ccccc3[C@@H]21. The summed E-state index contributed by atoms with van der Waals surface area (Å²) in [7, 11) is 0. The summed E-state index contributed by atoms with van der Waals surface area (Å²) in [5.41, 5.74) is 21.9. The standard InChI is InChI=1S/C39H30/c1-2-8-17-16(7-1)28-22-13-23(29(17)28)35-34(22)36-24-14-26(32-19-10-4-3-9-18(19)30(24)32)38(36)39-27-15-25(37(35)39)31-20-11-5-6-12-21(20)33(27)31/h1-12,22-33H,13-15H2/t22-,23+,24+,25-,26-,27+,28-,29+,30-,31+,32+,33-. The molecule has 13 rings (SSSR count). The Kier molecular flexibility index (Phi) is 2.78. The van der Waals surface area contributed by atoms with Crippen molar-refractivity contribution in [2.24, 2.45) is 0 Å². The minimum absolute atomic E-state index is 0.792. The molecule has 3 fully saturated rings. The molecular formula is C39H30. The molecule has 4 aromatic carbocycles. The largest absolute Gasteiger partial charge is 0.0620 e. The van der Waals surface area contributed by atoms with E-state index in [2.05, 4.69) is 72.8 Å². The van der Waals surface area contributed by atoms with Crippen molar-refractivity contribution >= 4 is 0 Å². The van der Waals surface area contributed by atoms with Crippen molar-refractivity contribution in [2.45, 2.75) is 90.3 Å². The molecule has 39 heavy (non-hydrogen) atoms. The van der Waals surface area contributed by atoms with Crippen molar-refractivity contribution in [3.8, 4) is 0 Å². The third-order valence-corrected chi connectivity index (χ3v) is 14.4. The minimum atomic E-state index is 0.792. The van der Waals surface area contributed by atoms with Gasteiger partial charge in [-0.15, -0.1) is 0 Å². The van der Waals surface area contributed by atoms with Gasteiger partial charge in [-0.25, -0.2) is 0 Å². The molecule has 12 atom stereocenters. The predicted octanol–water partition coefficient (Wildman–Crippen LogP) is 9.08. The fourth-order valence-corrected chi connectivity index (χ4v) is 13.8. The topological polar surface area (TPSA) is 0 Å². The van der Waals surface area contributed by atoms with Crippen LogP contribution in [0, 0.1) is 0 Å². The summed E-state index contributed by atoms with van der Waals surface area (Å²) in [6.07, 6.45) is 4.31. The summed E-state index contributed by atoms with van der Waals surface area (Å²) in [5, 5.41) is 0. The van der Waals surface area contributed by atoms with E-state index in [1.54, 1.807) is 33.4 Å². The fraction of sp³-hybridized carbons (Fsp3) is 0.385. The van der Waals surface area contributed by atoms with Crippen molar-refractivity contribution in [3.63, 3.8) is 0 Å². The first kappa shape index (κ1) is 19.0. The highest BCUT2D eigenvalue weighted by atomic mass is 14.7. The smallest absolute Gasteiger partial charge is 0.00150 e. The van der Waals surface area contributed by atoms with Gasteiger partial charge in [0.25, 0.3) is 0 Å². The maximum absolute atomic E-state index is 2.48. The molecule has 0 aromatic heterocycles. The van der Waals surface area contributed by atoms with Crippen LogP contribution in [0.4, 0.5) is 0 Å². The van der Waals surface area contributed by atoms with Gasteiger partial charge in [-0.2, -0.15) is 0 Å². The Labute approximate surface area is 229 Å². The van der Waals surface area contributed by atoms with Gasteiger partial charge in [0.05, 0.1) is 0 Å². The quantitative estimate of drug-likeness (QED) is 0.227. The van der Waals surface area contributed by atoms with Crippen molar-refractivity contribution in [3.05, 3.63) is 140 Å². The van der Waals surface area contributed by atoms with E-state index >= 15 is 0 Å². The van der Waals surface area contributed by atoms with Crippen LogP contribution in [0.5, 0.6) is 0 Å². The number of benzene rings is 4. The minimum Gasteiger partial charge on any atom is -0.0620 e. The molecule has 6 bridgehead atoms. The van der Waals surface area contributed by atoms with E-state index in [4.69, 9.17) is 0 Å². The molecule has 0 saturated heterocycles. The van der Waals surface area contributed by atoms with Gasteiger partial charge in [-0.1, -0.05) is 72.8 Å². The van der Waals surface area contributed by atoms with Crippen LogP contribution >= 0.6 is 0 Å². The lowest BCUT2D eigenvalue weighted by Crippen LogP contribution is -2.36. The van der Waals surface area contributed by atoms with E-state index in [1.165, 1.54) is 19.3 Å². The average Bonchev–Trinajstić information content (AvgIpc) is 3.76. The van der Waals surface area contributed by atoms with Crippen LogP contribution in [0.2, 0.25) is 0 Å². The second-order valence-corrected chi connectivity index (χ2v) is 14.9. The molecule has 0 N–H and O–H groups in total. The Bertz CT molecular complexity index is 1520. The molecule has 0 heterocycles. The summed E-state index contributed by atoms with van der Waals surface area (Å²) in [6.45, 7) is 0. The molecule has 0 heteroatoms. The predicted molar refractivity (Wildman–Crippen MR) is 153 cm³/mol. The van der Waals surface area contributed by atoms with Crippen molar-refractivity contribution in [2.75, 3.05) is 0 Å². The normalized spacial score (nSPS) is 43.1. The maximum Gasteiger partial charge on any atom is -0.00150 e. The Morgan fingerprint density at radius 3 is 0.641 bits per heavy atom. The maximum atomic E-state index is 2.48. The molecule has 0 nitrogen and oxygen atoms in total. The first-order valence-electron chi connectivity index (χ1n) is 15.9. The molecule has 0 spiro atoms. The van der Waals surface area contributed by atoms with E-state index in [0.29, 0.717) is 0 Å². The van der Waals surface area contributed by atoms with E-state index in [-0.39, 0.29) is 0 Å². The zero-order chi connectivity index (χ0) is 24.5. The lowest BCUT2D eigenvalue weighted by Gasteiger charge is -2.51. The second-order valence-electron chi connectivity index (χ2n) is 14.9.